The molecule has 2 aliphatic rings. The Morgan fingerprint density at radius 1 is 1.32 bits per heavy atom. The summed E-state index contributed by atoms with van der Waals surface area (Å²) in [5, 5.41) is 0. The van der Waals surface area contributed by atoms with Crippen LogP contribution in [0.3, 0.4) is 0 Å². The Morgan fingerprint density at radius 2 is 2.00 bits per heavy atom. The third-order valence-corrected chi connectivity index (χ3v) is 4.27. The zero-order chi connectivity index (χ0) is 16.2. The van der Waals surface area contributed by atoms with Crippen molar-refractivity contribution in [3.63, 3.8) is 0 Å². The summed E-state index contributed by atoms with van der Waals surface area (Å²) in [4.78, 5) is 7.32. The second kappa shape index (κ2) is 7.50. The lowest BCUT2D eigenvalue weighted by molar-refractivity contribution is -0.188. The Bertz CT molecular complexity index is 383. The molecule has 5 nitrogen and oxygen atoms in total. The predicted octanol–water partition coefficient (Wildman–Crippen LogP) is 1.30. The standard InChI is InChI=1S/C14H25F3N4O/c1-11-3-2-4-21(10-11)13(18)19-9-12(14(15,16)17)20-5-7-22-8-6-20/h11-12H,2-10H2,1H3,(H2,18,19). The van der Waals surface area contributed by atoms with Crippen LogP contribution in [0.2, 0.25) is 0 Å². The van der Waals surface area contributed by atoms with E-state index in [1.54, 1.807) is 0 Å². The molecule has 0 aromatic heterocycles. The van der Waals surface area contributed by atoms with Gasteiger partial charge in [0.15, 0.2) is 5.96 Å². The molecule has 0 aliphatic carbocycles. The van der Waals surface area contributed by atoms with Gasteiger partial charge in [0.05, 0.1) is 19.8 Å². The van der Waals surface area contributed by atoms with Crippen molar-refractivity contribution in [3.05, 3.63) is 0 Å². The fourth-order valence-electron chi connectivity index (χ4n) is 2.99. The summed E-state index contributed by atoms with van der Waals surface area (Å²) < 4.78 is 44.9. The molecular formula is C14H25F3N4O. The Labute approximate surface area is 129 Å². The zero-order valence-corrected chi connectivity index (χ0v) is 13.0. The highest BCUT2D eigenvalue weighted by atomic mass is 19.4. The SMILES string of the molecule is CC1CCCN(C(N)=NCC(N2CCOCC2)C(F)(F)F)C1. The van der Waals surface area contributed by atoms with Gasteiger partial charge in [0.1, 0.15) is 6.04 Å². The van der Waals surface area contributed by atoms with E-state index in [0.29, 0.717) is 19.1 Å². The monoisotopic (exact) mass is 322 g/mol. The molecule has 0 amide bonds. The molecule has 2 saturated heterocycles. The number of hydrogen-bond acceptors (Lipinski definition) is 3. The maximum atomic E-state index is 13.3. The van der Waals surface area contributed by atoms with Crippen LogP contribution in [-0.4, -0.2) is 73.9 Å². The van der Waals surface area contributed by atoms with Crippen molar-refractivity contribution >= 4 is 5.96 Å². The summed E-state index contributed by atoms with van der Waals surface area (Å²) in [6, 6.07) is -1.59. The molecule has 0 bridgehead atoms. The Hall–Kier alpha value is -1.02. The Morgan fingerprint density at radius 3 is 2.59 bits per heavy atom. The van der Waals surface area contributed by atoms with E-state index in [0.717, 1.165) is 25.9 Å². The van der Waals surface area contributed by atoms with E-state index in [1.165, 1.54) is 4.90 Å². The van der Waals surface area contributed by atoms with Crippen LogP contribution in [-0.2, 0) is 4.74 Å². The van der Waals surface area contributed by atoms with E-state index in [2.05, 4.69) is 11.9 Å². The second-order valence-corrected chi connectivity index (χ2v) is 6.10. The number of halogens is 3. The average molecular weight is 322 g/mol. The van der Waals surface area contributed by atoms with Gasteiger partial charge in [-0.2, -0.15) is 13.2 Å². The number of piperidine rings is 1. The van der Waals surface area contributed by atoms with Gasteiger partial charge < -0.3 is 15.4 Å². The van der Waals surface area contributed by atoms with E-state index in [-0.39, 0.29) is 25.6 Å². The van der Waals surface area contributed by atoms with Crippen LogP contribution in [0.4, 0.5) is 13.2 Å². The molecule has 22 heavy (non-hydrogen) atoms. The molecule has 128 valence electrons. The minimum absolute atomic E-state index is 0.231. The van der Waals surface area contributed by atoms with Crippen molar-refractivity contribution in [2.24, 2.45) is 16.6 Å². The highest BCUT2D eigenvalue weighted by Gasteiger charge is 2.43. The highest BCUT2D eigenvalue weighted by molar-refractivity contribution is 5.78. The lowest BCUT2D eigenvalue weighted by Gasteiger charge is -2.35. The largest absolute Gasteiger partial charge is 0.405 e. The van der Waals surface area contributed by atoms with Gasteiger partial charge in [-0.3, -0.25) is 9.89 Å². The van der Waals surface area contributed by atoms with E-state index < -0.39 is 12.2 Å². The van der Waals surface area contributed by atoms with E-state index in [1.807, 2.05) is 4.90 Å². The van der Waals surface area contributed by atoms with Crippen molar-refractivity contribution in [3.8, 4) is 0 Å². The maximum Gasteiger partial charge on any atom is 0.405 e. The van der Waals surface area contributed by atoms with Gasteiger partial charge >= 0.3 is 6.18 Å². The molecule has 0 saturated carbocycles. The smallest absolute Gasteiger partial charge is 0.379 e. The van der Waals surface area contributed by atoms with Gasteiger partial charge in [-0.1, -0.05) is 6.92 Å². The molecule has 0 aromatic rings. The molecule has 2 rings (SSSR count). The number of nitrogens with zero attached hydrogens (tertiary/aromatic N) is 3. The zero-order valence-electron chi connectivity index (χ0n) is 13.0. The molecular weight excluding hydrogens is 297 g/mol. The summed E-state index contributed by atoms with van der Waals surface area (Å²) in [6.07, 6.45) is -2.18. The highest BCUT2D eigenvalue weighted by Crippen LogP contribution is 2.26. The number of nitrogens with two attached hydrogens (primary N) is 1. The molecule has 2 N–H and O–H groups in total. The predicted molar refractivity (Wildman–Crippen MR) is 78.7 cm³/mol. The van der Waals surface area contributed by atoms with E-state index >= 15 is 0 Å². The number of ether oxygens (including phenoxy) is 1. The Balaban J connectivity index is 1.98. The summed E-state index contributed by atoms with van der Waals surface area (Å²) in [5.74, 6) is 0.731. The van der Waals surface area contributed by atoms with Crippen LogP contribution < -0.4 is 5.73 Å². The van der Waals surface area contributed by atoms with Gasteiger partial charge in [-0.25, -0.2) is 0 Å². The normalized spacial score (nSPS) is 27.0. The number of guanidine groups is 1. The van der Waals surface area contributed by atoms with Crippen LogP contribution >= 0.6 is 0 Å². The quantitative estimate of drug-likeness (QED) is 0.628. The topological polar surface area (TPSA) is 54.1 Å². The third-order valence-electron chi connectivity index (χ3n) is 4.27. The molecule has 2 aliphatic heterocycles. The summed E-state index contributed by atoms with van der Waals surface area (Å²) in [7, 11) is 0. The summed E-state index contributed by atoms with van der Waals surface area (Å²) in [5.41, 5.74) is 5.90. The van der Waals surface area contributed by atoms with Crippen LogP contribution in [0, 0.1) is 5.92 Å². The fraction of sp³-hybridized carbons (Fsp3) is 0.929. The van der Waals surface area contributed by atoms with Crippen molar-refractivity contribution in [2.45, 2.75) is 32.0 Å². The molecule has 8 heteroatoms. The van der Waals surface area contributed by atoms with Crippen molar-refractivity contribution in [1.29, 1.82) is 0 Å². The number of alkyl halides is 3. The number of likely N-dealkylation sites (tertiary alicyclic amines) is 1. The number of aliphatic imine (C=N–C) groups is 1. The minimum atomic E-state index is -4.31. The van der Waals surface area contributed by atoms with Crippen molar-refractivity contribution < 1.29 is 17.9 Å². The van der Waals surface area contributed by atoms with Gasteiger partial charge in [-0.15, -0.1) is 0 Å². The molecule has 2 atom stereocenters. The van der Waals surface area contributed by atoms with E-state index in [4.69, 9.17) is 10.5 Å². The van der Waals surface area contributed by atoms with Gasteiger partial charge in [0.2, 0.25) is 0 Å². The van der Waals surface area contributed by atoms with E-state index in [9.17, 15) is 13.2 Å². The van der Waals surface area contributed by atoms with Gasteiger partial charge in [-0.05, 0) is 18.8 Å². The molecule has 0 spiro atoms. The minimum Gasteiger partial charge on any atom is -0.379 e. The number of rotatable bonds is 3. The van der Waals surface area contributed by atoms with Crippen molar-refractivity contribution in [2.75, 3.05) is 45.9 Å². The first-order valence-corrected chi connectivity index (χ1v) is 7.81. The average Bonchev–Trinajstić information content (AvgIpc) is 2.47. The lowest BCUT2D eigenvalue weighted by atomic mass is 10.0. The lowest BCUT2D eigenvalue weighted by Crippen LogP contribution is -2.52. The fourth-order valence-corrected chi connectivity index (χ4v) is 2.99. The number of hydrogen-bond donors (Lipinski definition) is 1. The first-order valence-electron chi connectivity index (χ1n) is 7.81. The Kier molecular flexibility index (Phi) is 5.91. The van der Waals surface area contributed by atoms with Gasteiger partial charge in [0.25, 0.3) is 0 Å². The first kappa shape index (κ1) is 17.3. The maximum absolute atomic E-state index is 13.3. The summed E-state index contributed by atoms with van der Waals surface area (Å²) in [6.45, 7) is 4.52. The summed E-state index contributed by atoms with van der Waals surface area (Å²) >= 11 is 0. The molecule has 2 heterocycles. The van der Waals surface area contributed by atoms with Crippen molar-refractivity contribution in [1.82, 2.24) is 9.80 Å². The second-order valence-electron chi connectivity index (χ2n) is 6.10. The molecule has 0 radical (unpaired) electrons. The van der Waals surface area contributed by atoms with Crippen LogP contribution in [0.1, 0.15) is 19.8 Å². The van der Waals surface area contributed by atoms with Crippen LogP contribution in [0.25, 0.3) is 0 Å². The molecule has 2 unspecified atom stereocenters. The first-order chi connectivity index (χ1) is 10.4. The van der Waals surface area contributed by atoms with Gasteiger partial charge in [0, 0.05) is 26.2 Å². The molecule has 2 fully saturated rings. The van der Waals surface area contributed by atoms with Crippen LogP contribution in [0.15, 0.2) is 4.99 Å². The van der Waals surface area contributed by atoms with Crippen LogP contribution in [0.5, 0.6) is 0 Å². The third kappa shape index (κ3) is 4.74. The number of morpholine rings is 1. The molecule has 0 aromatic carbocycles.